The standard InChI is InChI=1S/C31H35N5O3S/c1-4-5-12-27-32-21(3)26(18-28(40)35-17-8-9-20(35)2)30(37)36(27)19-22-13-15-23(16-14-22)24-10-6-7-11-25(24)29-33-31(38)39-34-29/h6-7,10-11,13-16,20H,4-5,8-9,12,17-19H2,1-3H3,(H,33,34,38)/t20-/m1/s1. The summed E-state index contributed by atoms with van der Waals surface area (Å²) in [6, 6.07) is 16.2. The molecule has 3 heterocycles. The molecule has 1 aliphatic heterocycles. The van der Waals surface area contributed by atoms with Crippen molar-refractivity contribution in [3.8, 4) is 22.5 Å². The Morgan fingerprint density at radius 2 is 1.88 bits per heavy atom. The molecule has 208 valence electrons. The third-order valence-electron chi connectivity index (χ3n) is 7.73. The van der Waals surface area contributed by atoms with Crippen LogP contribution in [-0.2, 0) is 19.4 Å². The van der Waals surface area contributed by atoms with Gasteiger partial charge in [0.05, 0.1) is 11.5 Å². The van der Waals surface area contributed by atoms with Gasteiger partial charge in [0.1, 0.15) is 5.82 Å². The van der Waals surface area contributed by atoms with Crippen molar-refractivity contribution in [3.05, 3.63) is 92.1 Å². The molecule has 8 nitrogen and oxygen atoms in total. The minimum Gasteiger partial charge on any atom is -0.363 e. The van der Waals surface area contributed by atoms with Crippen LogP contribution in [0.5, 0.6) is 0 Å². The van der Waals surface area contributed by atoms with Gasteiger partial charge < -0.3 is 4.90 Å². The van der Waals surface area contributed by atoms with E-state index in [1.54, 1.807) is 0 Å². The summed E-state index contributed by atoms with van der Waals surface area (Å²) in [7, 11) is 0. The number of unbranched alkanes of at least 4 members (excludes halogenated alkanes) is 1. The predicted molar refractivity (Wildman–Crippen MR) is 161 cm³/mol. The molecular weight excluding hydrogens is 522 g/mol. The predicted octanol–water partition coefficient (Wildman–Crippen LogP) is 5.31. The Morgan fingerprint density at radius 1 is 1.12 bits per heavy atom. The summed E-state index contributed by atoms with van der Waals surface area (Å²) in [5, 5.41) is 3.85. The van der Waals surface area contributed by atoms with Crippen LogP contribution < -0.4 is 11.3 Å². The smallest absolute Gasteiger partial charge is 0.363 e. The number of aryl methyl sites for hydroxylation is 2. The van der Waals surface area contributed by atoms with Gasteiger partial charge in [-0.15, -0.1) is 0 Å². The molecule has 4 aromatic rings. The molecule has 1 atom stereocenters. The average molecular weight is 558 g/mol. The summed E-state index contributed by atoms with van der Waals surface area (Å²) in [5.41, 5.74) is 5.13. The maximum absolute atomic E-state index is 13.9. The van der Waals surface area contributed by atoms with Gasteiger partial charge in [0.25, 0.3) is 5.56 Å². The van der Waals surface area contributed by atoms with Crippen LogP contribution in [0, 0.1) is 6.92 Å². The second-order valence-corrected chi connectivity index (χ2v) is 11.0. The van der Waals surface area contributed by atoms with E-state index in [1.807, 2.05) is 60.0 Å². The van der Waals surface area contributed by atoms with Gasteiger partial charge in [-0.2, -0.15) is 0 Å². The number of nitrogens with zero attached hydrogens (tertiary/aromatic N) is 4. The fraction of sp³-hybridized carbons (Fsp3) is 0.387. The topological polar surface area (TPSA) is 97.0 Å². The minimum atomic E-state index is -0.591. The highest BCUT2D eigenvalue weighted by molar-refractivity contribution is 7.80. The number of aromatic nitrogens is 4. The van der Waals surface area contributed by atoms with Gasteiger partial charge in [-0.3, -0.25) is 18.9 Å². The number of aromatic amines is 1. The van der Waals surface area contributed by atoms with Gasteiger partial charge in [-0.05, 0) is 49.8 Å². The zero-order chi connectivity index (χ0) is 28.2. The molecule has 0 unspecified atom stereocenters. The van der Waals surface area contributed by atoms with Gasteiger partial charge in [-0.25, -0.2) is 9.78 Å². The van der Waals surface area contributed by atoms with E-state index in [-0.39, 0.29) is 5.56 Å². The summed E-state index contributed by atoms with van der Waals surface area (Å²) in [6.07, 6.45) is 5.46. The van der Waals surface area contributed by atoms with Gasteiger partial charge in [0, 0.05) is 42.2 Å². The molecule has 0 radical (unpaired) electrons. The summed E-state index contributed by atoms with van der Waals surface area (Å²) in [5.74, 6) is 0.612. The molecule has 0 saturated carbocycles. The van der Waals surface area contributed by atoms with Crippen LogP contribution in [0.1, 0.15) is 62.2 Å². The Morgan fingerprint density at radius 3 is 2.52 bits per heavy atom. The maximum Gasteiger partial charge on any atom is 0.439 e. The molecule has 2 aromatic heterocycles. The van der Waals surface area contributed by atoms with E-state index < -0.39 is 5.76 Å². The monoisotopic (exact) mass is 557 g/mol. The number of hydrogen-bond donors (Lipinski definition) is 1. The van der Waals surface area contributed by atoms with Crippen molar-refractivity contribution in [2.75, 3.05) is 6.54 Å². The van der Waals surface area contributed by atoms with Crippen molar-refractivity contribution < 1.29 is 4.52 Å². The molecule has 0 spiro atoms. The van der Waals surface area contributed by atoms with Gasteiger partial charge >= 0.3 is 5.76 Å². The second-order valence-electron chi connectivity index (χ2n) is 10.5. The van der Waals surface area contributed by atoms with Crippen molar-refractivity contribution >= 4 is 17.2 Å². The molecule has 5 rings (SSSR count). The van der Waals surface area contributed by atoms with Gasteiger partial charge in [0.2, 0.25) is 0 Å². The summed E-state index contributed by atoms with van der Waals surface area (Å²) < 4.78 is 6.54. The van der Waals surface area contributed by atoms with E-state index in [0.29, 0.717) is 30.4 Å². The first-order valence-corrected chi connectivity index (χ1v) is 14.4. The largest absolute Gasteiger partial charge is 0.439 e. The summed E-state index contributed by atoms with van der Waals surface area (Å²) in [6.45, 7) is 7.66. The van der Waals surface area contributed by atoms with Gasteiger partial charge in [-0.1, -0.05) is 79.3 Å². The highest BCUT2D eigenvalue weighted by Crippen LogP contribution is 2.30. The van der Waals surface area contributed by atoms with E-state index >= 15 is 0 Å². The zero-order valence-electron chi connectivity index (χ0n) is 23.3. The quantitative estimate of drug-likeness (QED) is 0.279. The average Bonchev–Trinajstić information content (AvgIpc) is 3.60. The lowest BCUT2D eigenvalue weighted by atomic mass is 9.98. The molecule has 1 N–H and O–H groups in total. The number of H-pyrrole nitrogens is 1. The van der Waals surface area contributed by atoms with Crippen molar-refractivity contribution in [2.45, 2.75) is 71.9 Å². The van der Waals surface area contributed by atoms with Crippen molar-refractivity contribution in [2.24, 2.45) is 0 Å². The Hall–Kier alpha value is -3.85. The van der Waals surface area contributed by atoms with Crippen molar-refractivity contribution in [1.29, 1.82) is 0 Å². The number of hydrogen-bond acceptors (Lipinski definition) is 6. The van der Waals surface area contributed by atoms with Crippen molar-refractivity contribution in [3.63, 3.8) is 0 Å². The van der Waals surface area contributed by atoms with Crippen LogP contribution in [0.15, 0.2) is 62.6 Å². The number of thiocarbonyl (C=S) groups is 1. The minimum absolute atomic E-state index is 0.00258. The Balaban J connectivity index is 1.45. The van der Waals surface area contributed by atoms with Crippen LogP contribution >= 0.6 is 12.2 Å². The first-order valence-electron chi connectivity index (χ1n) is 14.0. The van der Waals surface area contributed by atoms with E-state index in [4.69, 9.17) is 21.7 Å². The highest BCUT2D eigenvalue weighted by atomic mass is 32.1. The zero-order valence-corrected chi connectivity index (χ0v) is 24.1. The molecule has 9 heteroatoms. The van der Waals surface area contributed by atoms with Crippen LogP contribution in [-0.4, -0.2) is 42.2 Å². The molecule has 1 aliphatic rings. The van der Waals surface area contributed by atoms with E-state index in [1.165, 1.54) is 0 Å². The number of likely N-dealkylation sites (tertiary alicyclic amines) is 1. The fourth-order valence-corrected chi connectivity index (χ4v) is 5.88. The van der Waals surface area contributed by atoms with E-state index in [0.717, 1.165) is 77.4 Å². The Kier molecular flexibility index (Phi) is 8.40. The lowest BCUT2D eigenvalue weighted by molar-refractivity contribution is 0.388. The molecular formula is C31H35N5O3S. The molecule has 1 saturated heterocycles. The number of rotatable bonds is 9. The molecule has 1 fully saturated rings. The van der Waals surface area contributed by atoms with Crippen LogP contribution in [0.3, 0.4) is 0 Å². The highest BCUT2D eigenvalue weighted by Gasteiger charge is 2.24. The number of benzene rings is 2. The van der Waals surface area contributed by atoms with Crippen LogP contribution in [0.2, 0.25) is 0 Å². The molecule has 2 aromatic carbocycles. The lowest BCUT2D eigenvalue weighted by Gasteiger charge is -2.25. The van der Waals surface area contributed by atoms with Crippen LogP contribution in [0.4, 0.5) is 0 Å². The van der Waals surface area contributed by atoms with Crippen molar-refractivity contribution in [1.82, 2.24) is 24.6 Å². The maximum atomic E-state index is 13.9. The second kappa shape index (κ2) is 12.1. The Labute approximate surface area is 239 Å². The first kappa shape index (κ1) is 27.7. The van der Waals surface area contributed by atoms with Crippen LogP contribution in [0.25, 0.3) is 22.5 Å². The molecule has 0 bridgehead atoms. The third kappa shape index (κ3) is 5.84. The molecule has 40 heavy (non-hydrogen) atoms. The molecule has 0 aliphatic carbocycles. The fourth-order valence-electron chi connectivity index (χ4n) is 5.46. The first-order chi connectivity index (χ1) is 19.4. The van der Waals surface area contributed by atoms with E-state index in [2.05, 4.69) is 28.9 Å². The van der Waals surface area contributed by atoms with Gasteiger partial charge in [0.15, 0.2) is 5.82 Å². The number of nitrogens with one attached hydrogen (secondary N) is 1. The normalized spacial score (nSPS) is 15.1. The Bertz CT molecular complexity index is 1620. The SMILES string of the molecule is CCCCc1nc(C)c(CC(=S)N2CCC[C@H]2C)c(=O)n1Cc1ccc(-c2ccccc2-c2noc(=O)[nH]2)cc1. The van der Waals surface area contributed by atoms with E-state index in [9.17, 15) is 9.59 Å². The third-order valence-corrected chi connectivity index (χ3v) is 8.11. The molecule has 0 amide bonds. The summed E-state index contributed by atoms with van der Waals surface area (Å²) >= 11 is 5.80. The lowest BCUT2D eigenvalue weighted by Crippen LogP contribution is -2.37. The summed E-state index contributed by atoms with van der Waals surface area (Å²) in [4.78, 5) is 36.0.